The molecule has 2 atom stereocenters. The summed E-state index contributed by atoms with van der Waals surface area (Å²) >= 11 is 1.49. The normalized spacial score (nSPS) is 26.0. The van der Waals surface area contributed by atoms with Crippen LogP contribution in [0.25, 0.3) is 0 Å². The number of nitrogens with one attached hydrogen (secondary N) is 1. The van der Waals surface area contributed by atoms with E-state index in [0.29, 0.717) is 12.1 Å². The average Bonchev–Trinajstić information content (AvgIpc) is 2.90. The number of nitrogens with zero attached hydrogens (tertiary/aromatic N) is 3. The van der Waals surface area contributed by atoms with E-state index < -0.39 is 0 Å². The van der Waals surface area contributed by atoms with Crippen molar-refractivity contribution in [2.24, 2.45) is 0 Å². The predicted molar refractivity (Wildman–Crippen MR) is 86.1 cm³/mol. The van der Waals surface area contributed by atoms with Crippen molar-refractivity contribution in [2.75, 3.05) is 32.0 Å². The van der Waals surface area contributed by atoms with Gasteiger partial charge in [-0.15, -0.1) is 0 Å². The van der Waals surface area contributed by atoms with E-state index in [2.05, 4.69) is 22.2 Å². The summed E-state index contributed by atoms with van der Waals surface area (Å²) in [4.78, 5) is 22.6. The Kier molecular flexibility index (Phi) is 4.17. The Hall–Kier alpha value is -1.14. The van der Waals surface area contributed by atoms with Gasteiger partial charge in [-0.2, -0.15) is 0 Å². The van der Waals surface area contributed by atoms with Gasteiger partial charge in [0.2, 0.25) is 0 Å². The van der Waals surface area contributed by atoms with Gasteiger partial charge in [0.1, 0.15) is 4.88 Å². The maximum absolute atomic E-state index is 12.8. The Morgan fingerprint density at radius 3 is 2.90 bits per heavy atom. The zero-order valence-corrected chi connectivity index (χ0v) is 13.9. The van der Waals surface area contributed by atoms with Crippen molar-refractivity contribution in [3.05, 3.63) is 10.6 Å². The highest BCUT2D eigenvalue weighted by atomic mass is 32.1. The molecule has 116 valence electrons. The van der Waals surface area contributed by atoms with E-state index in [1.807, 2.05) is 18.7 Å². The minimum absolute atomic E-state index is 0.162. The second-order valence-corrected chi connectivity index (χ2v) is 7.05. The molecule has 2 saturated heterocycles. The molecule has 2 aliphatic heterocycles. The van der Waals surface area contributed by atoms with Crippen LogP contribution in [0.2, 0.25) is 0 Å². The Morgan fingerprint density at radius 2 is 2.14 bits per heavy atom. The molecule has 1 aromatic heterocycles. The fourth-order valence-corrected chi connectivity index (χ4v) is 4.46. The van der Waals surface area contributed by atoms with Crippen molar-refractivity contribution < 1.29 is 4.79 Å². The number of carbonyl (C=O) groups excluding carboxylic acids is 1. The highest BCUT2D eigenvalue weighted by Crippen LogP contribution is 2.30. The van der Waals surface area contributed by atoms with Crippen molar-refractivity contribution in [1.82, 2.24) is 14.8 Å². The van der Waals surface area contributed by atoms with Gasteiger partial charge in [0, 0.05) is 31.7 Å². The van der Waals surface area contributed by atoms with Gasteiger partial charge in [-0.1, -0.05) is 11.3 Å². The van der Waals surface area contributed by atoms with Gasteiger partial charge in [0.15, 0.2) is 5.13 Å². The molecule has 1 aromatic rings. The molecule has 0 aromatic carbocycles. The number of carbonyl (C=O) groups is 1. The monoisotopic (exact) mass is 308 g/mol. The van der Waals surface area contributed by atoms with Crippen LogP contribution >= 0.6 is 11.3 Å². The van der Waals surface area contributed by atoms with Crippen LogP contribution in [-0.4, -0.2) is 59.5 Å². The molecular weight excluding hydrogens is 284 g/mol. The predicted octanol–water partition coefficient (Wildman–Crippen LogP) is 2.19. The number of likely N-dealkylation sites (N-methyl/N-ethyl adjacent to an activating group) is 1. The highest BCUT2D eigenvalue weighted by molar-refractivity contribution is 7.17. The molecule has 1 amide bonds. The van der Waals surface area contributed by atoms with E-state index in [9.17, 15) is 4.79 Å². The smallest absolute Gasteiger partial charge is 0.265 e. The van der Waals surface area contributed by atoms with Crippen LogP contribution < -0.4 is 5.32 Å². The molecule has 0 saturated carbocycles. The number of hydrogen-bond donors (Lipinski definition) is 1. The molecular formula is C15H24N4OS. The summed E-state index contributed by atoms with van der Waals surface area (Å²) in [5.74, 6) is 0.162. The van der Waals surface area contributed by atoms with Gasteiger partial charge in [-0.25, -0.2) is 4.98 Å². The SMILES string of the molecule is CCNc1nc(C)c(C(=O)N2CC[C@H]3CC[C@@H](C2)N3C)s1. The van der Waals surface area contributed by atoms with Gasteiger partial charge in [-0.05, 0) is 40.2 Å². The van der Waals surface area contributed by atoms with Crippen LogP contribution in [0.15, 0.2) is 0 Å². The molecule has 0 radical (unpaired) electrons. The number of aromatic nitrogens is 1. The Balaban J connectivity index is 1.76. The number of hydrogen-bond acceptors (Lipinski definition) is 5. The summed E-state index contributed by atoms with van der Waals surface area (Å²) < 4.78 is 0. The van der Waals surface area contributed by atoms with Crippen LogP contribution in [0.4, 0.5) is 5.13 Å². The minimum atomic E-state index is 0.162. The second-order valence-electron chi connectivity index (χ2n) is 6.05. The molecule has 0 aliphatic carbocycles. The summed E-state index contributed by atoms with van der Waals surface area (Å²) in [7, 11) is 2.21. The van der Waals surface area contributed by atoms with E-state index in [1.54, 1.807) is 0 Å². The molecule has 1 N–H and O–H groups in total. The van der Waals surface area contributed by atoms with Crippen LogP contribution in [0, 0.1) is 6.92 Å². The van der Waals surface area contributed by atoms with Crippen molar-refractivity contribution in [2.45, 2.75) is 45.2 Å². The minimum Gasteiger partial charge on any atom is -0.362 e. The summed E-state index contributed by atoms with van der Waals surface area (Å²) in [6, 6.07) is 1.19. The standard InChI is InChI=1S/C15H24N4OS/c1-4-16-15-17-10(2)13(21-15)14(20)19-8-7-11-5-6-12(9-19)18(11)3/h11-12H,4-9H2,1-3H3,(H,16,17)/t11-,12+/m1/s1. The summed E-state index contributed by atoms with van der Waals surface area (Å²) in [6.45, 7) is 6.54. The van der Waals surface area contributed by atoms with Gasteiger partial charge in [-0.3, -0.25) is 9.69 Å². The van der Waals surface area contributed by atoms with E-state index >= 15 is 0 Å². The number of amides is 1. The lowest BCUT2D eigenvalue weighted by Gasteiger charge is -2.25. The topological polar surface area (TPSA) is 48.5 Å². The molecule has 2 bridgehead atoms. The first-order valence-electron chi connectivity index (χ1n) is 7.82. The van der Waals surface area contributed by atoms with Gasteiger partial charge < -0.3 is 10.2 Å². The second kappa shape index (κ2) is 5.93. The molecule has 2 aliphatic rings. The maximum Gasteiger partial charge on any atom is 0.265 e. The third kappa shape index (κ3) is 2.79. The zero-order chi connectivity index (χ0) is 15.0. The quantitative estimate of drug-likeness (QED) is 0.930. The largest absolute Gasteiger partial charge is 0.362 e. The molecule has 5 nitrogen and oxygen atoms in total. The number of aryl methyl sites for hydroxylation is 1. The lowest BCUT2D eigenvalue weighted by Crippen LogP contribution is -2.39. The van der Waals surface area contributed by atoms with Crippen LogP contribution in [-0.2, 0) is 0 Å². The Labute approximate surface area is 130 Å². The molecule has 21 heavy (non-hydrogen) atoms. The van der Waals surface area contributed by atoms with Crippen LogP contribution in [0.5, 0.6) is 0 Å². The van der Waals surface area contributed by atoms with E-state index in [-0.39, 0.29) is 5.91 Å². The maximum atomic E-state index is 12.8. The first-order chi connectivity index (χ1) is 10.1. The van der Waals surface area contributed by atoms with Crippen molar-refractivity contribution in [3.63, 3.8) is 0 Å². The van der Waals surface area contributed by atoms with Gasteiger partial charge >= 0.3 is 0 Å². The first-order valence-corrected chi connectivity index (χ1v) is 8.64. The number of fused-ring (bicyclic) bond motifs is 2. The number of rotatable bonds is 3. The van der Waals surface area contributed by atoms with Crippen molar-refractivity contribution >= 4 is 22.4 Å². The highest BCUT2D eigenvalue weighted by Gasteiger charge is 2.36. The molecule has 6 heteroatoms. The number of likely N-dealkylation sites (tertiary alicyclic amines) is 1. The van der Waals surface area contributed by atoms with E-state index in [4.69, 9.17) is 0 Å². The van der Waals surface area contributed by atoms with Crippen LogP contribution in [0.3, 0.4) is 0 Å². The zero-order valence-electron chi connectivity index (χ0n) is 13.1. The molecule has 2 fully saturated rings. The van der Waals surface area contributed by atoms with Crippen molar-refractivity contribution in [1.29, 1.82) is 0 Å². The van der Waals surface area contributed by atoms with Crippen molar-refractivity contribution in [3.8, 4) is 0 Å². The fourth-order valence-electron chi connectivity index (χ4n) is 3.46. The molecule has 0 spiro atoms. The fraction of sp³-hybridized carbons (Fsp3) is 0.733. The third-order valence-corrected chi connectivity index (χ3v) is 5.86. The molecule has 3 heterocycles. The van der Waals surface area contributed by atoms with Crippen LogP contribution in [0.1, 0.15) is 41.6 Å². The number of anilines is 1. The van der Waals surface area contributed by atoms with E-state index in [1.165, 1.54) is 24.2 Å². The first kappa shape index (κ1) is 14.8. The summed E-state index contributed by atoms with van der Waals surface area (Å²) in [6.07, 6.45) is 3.60. The van der Waals surface area contributed by atoms with Gasteiger partial charge in [0.25, 0.3) is 5.91 Å². The van der Waals surface area contributed by atoms with Gasteiger partial charge in [0.05, 0.1) is 5.69 Å². The lowest BCUT2D eigenvalue weighted by molar-refractivity contribution is 0.0744. The molecule has 3 rings (SSSR count). The third-order valence-electron chi connectivity index (χ3n) is 4.75. The summed E-state index contributed by atoms with van der Waals surface area (Å²) in [5, 5.41) is 4.05. The Morgan fingerprint density at radius 1 is 1.38 bits per heavy atom. The average molecular weight is 308 g/mol. The summed E-state index contributed by atoms with van der Waals surface area (Å²) in [5.41, 5.74) is 0.851. The van der Waals surface area contributed by atoms with E-state index in [0.717, 1.165) is 41.8 Å². The lowest BCUT2D eigenvalue weighted by atomic mass is 10.1. The number of thiazole rings is 1. The molecule has 0 unspecified atom stereocenters. The Bertz CT molecular complexity index is 530.